The highest BCUT2D eigenvalue weighted by Gasteiger charge is 2.19. The summed E-state index contributed by atoms with van der Waals surface area (Å²) < 4.78 is 0. The van der Waals surface area contributed by atoms with Gasteiger partial charge in [-0.2, -0.15) is 0 Å². The highest BCUT2D eigenvalue weighted by Crippen LogP contribution is 2.23. The van der Waals surface area contributed by atoms with Gasteiger partial charge in [0.05, 0.1) is 0 Å². The van der Waals surface area contributed by atoms with Gasteiger partial charge in [-0.05, 0) is 31.0 Å². The normalized spacial score (nSPS) is 17.4. The summed E-state index contributed by atoms with van der Waals surface area (Å²) in [6, 6.07) is 6.13. The molecule has 1 aromatic rings. The van der Waals surface area contributed by atoms with Gasteiger partial charge < -0.3 is 10.2 Å². The Hall–Kier alpha value is -1.35. The van der Waals surface area contributed by atoms with E-state index in [1.807, 2.05) is 17.0 Å². The van der Waals surface area contributed by atoms with Crippen LogP contribution in [0.3, 0.4) is 0 Å². The lowest BCUT2D eigenvalue weighted by atomic mass is 10.1. The summed E-state index contributed by atoms with van der Waals surface area (Å²) in [4.78, 5) is 13.9. The van der Waals surface area contributed by atoms with E-state index in [0.717, 1.165) is 25.3 Å². The molecule has 1 N–H and O–H groups in total. The molecule has 0 aromatic heterocycles. The van der Waals surface area contributed by atoms with Gasteiger partial charge in [-0.1, -0.05) is 12.1 Å². The van der Waals surface area contributed by atoms with Gasteiger partial charge in [0.2, 0.25) is 5.91 Å². The lowest BCUT2D eigenvalue weighted by Crippen LogP contribution is -2.32. The van der Waals surface area contributed by atoms with Crippen LogP contribution in [0.2, 0.25) is 0 Å². The monoisotopic (exact) mass is 218 g/mol. The van der Waals surface area contributed by atoms with E-state index in [9.17, 15) is 4.79 Å². The number of anilines is 1. The summed E-state index contributed by atoms with van der Waals surface area (Å²) in [5, 5.41) is 3.25. The van der Waals surface area contributed by atoms with Gasteiger partial charge in [0, 0.05) is 31.7 Å². The van der Waals surface area contributed by atoms with Crippen molar-refractivity contribution in [1.29, 1.82) is 0 Å². The first-order valence-electron chi connectivity index (χ1n) is 5.77. The first kappa shape index (κ1) is 11.1. The van der Waals surface area contributed by atoms with Crippen LogP contribution in [0.4, 0.5) is 5.69 Å². The molecule has 0 atom stereocenters. The Kier molecular flexibility index (Phi) is 3.25. The first-order chi connectivity index (χ1) is 7.70. The molecule has 2 rings (SSSR count). The molecule has 0 saturated carbocycles. The molecule has 16 heavy (non-hydrogen) atoms. The van der Waals surface area contributed by atoms with Crippen molar-refractivity contribution in [2.24, 2.45) is 0 Å². The quantitative estimate of drug-likeness (QED) is 0.777. The fraction of sp³-hybridized carbons (Fsp3) is 0.462. The predicted octanol–water partition coefficient (Wildman–Crippen LogP) is 1.63. The number of carbonyl (C=O) groups is 1. The summed E-state index contributed by atoms with van der Waals surface area (Å²) in [5.41, 5.74) is 3.51. The summed E-state index contributed by atoms with van der Waals surface area (Å²) in [5.74, 6) is 0.221. The molecule has 0 aliphatic carbocycles. The maximum Gasteiger partial charge on any atom is 0.228 e. The van der Waals surface area contributed by atoms with Crippen LogP contribution in [0.15, 0.2) is 18.2 Å². The van der Waals surface area contributed by atoms with Crippen LogP contribution in [0.1, 0.15) is 17.5 Å². The number of nitrogens with one attached hydrogen (secondary N) is 1. The first-order valence-corrected chi connectivity index (χ1v) is 5.77. The lowest BCUT2D eigenvalue weighted by molar-refractivity contribution is -0.118. The van der Waals surface area contributed by atoms with Gasteiger partial charge in [0.15, 0.2) is 0 Å². The molecular formula is C13H18N2O. The maximum absolute atomic E-state index is 12.0. The lowest BCUT2D eigenvalue weighted by Gasteiger charge is -2.23. The van der Waals surface area contributed by atoms with Gasteiger partial charge in [-0.25, -0.2) is 0 Å². The minimum Gasteiger partial charge on any atom is -0.314 e. The Morgan fingerprint density at radius 1 is 1.25 bits per heavy atom. The van der Waals surface area contributed by atoms with Crippen LogP contribution < -0.4 is 10.2 Å². The third-order valence-electron chi connectivity index (χ3n) is 3.20. The van der Waals surface area contributed by atoms with Gasteiger partial charge in [0.25, 0.3) is 0 Å². The Balaban J connectivity index is 2.34. The zero-order chi connectivity index (χ0) is 11.5. The summed E-state index contributed by atoms with van der Waals surface area (Å²) in [6.45, 7) is 6.60. The average Bonchev–Trinajstić information content (AvgIpc) is 2.47. The van der Waals surface area contributed by atoms with Gasteiger partial charge in [0.1, 0.15) is 0 Å². The zero-order valence-electron chi connectivity index (χ0n) is 9.92. The fourth-order valence-corrected chi connectivity index (χ4v) is 2.05. The number of rotatable bonds is 1. The van der Waals surface area contributed by atoms with Crippen LogP contribution >= 0.6 is 0 Å². The van der Waals surface area contributed by atoms with Crippen molar-refractivity contribution in [1.82, 2.24) is 5.32 Å². The SMILES string of the molecule is Cc1cccc(N2CCNCCC2=O)c1C. The molecule has 1 heterocycles. The second-order valence-electron chi connectivity index (χ2n) is 4.26. The Morgan fingerprint density at radius 3 is 2.88 bits per heavy atom. The Labute approximate surface area is 96.5 Å². The van der Waals surface area contributed by atoms with Crippen molar-refractivity contribution in [3.05, 3.63) is 29.3 Å². The highest BCUT2D eigenvalue weighted by atomic mass is 16.2. The van der Waals surface area contributed by atoms with Crippen molar-refractivity contribution in [3.8, 4) is 0 Å². The number of benzene rings is 1. The van der Waals surface area contributed by atoms with E-state index >= 15 is 0 Å². The topological polar surface area (TPSA) is 32.3 Å². The predicted molar refractivity (Wildman–Crippen MR) is 65.8 cm³/mol. The van der Waals surface area contributed by atoms with E-state index in [1.54, 1.807) is 0 Å². The van der Waals surface area contributed by atoms with Crippen molar-refractivity contribution in [3.63, 3.8) is 0 Å². The second kappa shape index (κ2) is 4.66. The van der Waals surface area contributed by atoms with E-state index in [-0.39, 0.29) is 5.91 Å². The summed E-state index contributed by atoms with van der Waals surface area (Å²) >= 11 is 0. The molecular weight excluding hydrogens is 200 g/mol. The van der Waals surface area contributed by atoms with E-state index in [1.165, 1.54) is 11.1 Å². The Bertz CT molecular complexity index is 401. The molecule has 0 unspecified atom stereocenters. The van der Waals surface area contributed by atoms with Crippen molar-refractivity contribution in [2.75, 3.05) is 24.5 Å². The minimum absolute atomic E-state index is 0.221. The molecule has 1 aromatic carbocycles. The molecule has 1 aliphatic heterocycles. The largest absolute Gasteiger partial charge is 0.314 e. The van der Waals surface area contributed by atoms with Crippen LogP contribution in [0.5, 0.6) is 0 Å². The fourth-order valence-electron chi connectivity index (χ4n) is 2.05. The number of hydrogen-bond donors (Lipinski definition) is 1. The average molecular weight is 218 g/mol. The molecule has 3 heteroatoms. The van der Waals surface area contributed by atoms with E-state index in [2.05, 4.69) is 25.2 Å². The van der Waals surface area contributed by atoms with E-state index < -0.39 is 0 Å². The molecule has 0 bridgehead atoms. The standard InChI is InChI=1S/C13H18N2O/c1-10-4-3-5-12(11(10)2)15-9-8-14-7-6-13(15)16/h3-5,14H,6-9H2,1-2H3. The number of hydrogen-bond acceptors (Lipinski definition) is 2. The molecule has 0 radical (unpaired) electrons. The van der Waals surface area contributed by atoms with Gasteiger partial charge >= 0.3 is 0 Å². The van der Waals surface area contributed by atoms with Crippen molar-refractivity contribution < 1.29 is 4.79 Å². The van der Waals surface area contributed by atoms with Gasteiger partial charge in [-0.3, -0.25) is 4.79 Å². The number of nitrogens with zero attached hydrogens (tertiary/aromatic N) is 1. The number of aryl methyl sites for hydroxylation is 1. The van der Waals surface area contributed by atoms with Crippen LogP contribution in [0.25, 0.3) is 0 Å². The third kappa shape index (κ3) is 2.09. The van der Waals surface area contributed by atoms with E-state index in [0.29, 0.717) is 6.42 Å². The second-order valence-corrected chi connectivity index (χ2v) is 4.26. The summed E-state index contributed by atoms with van der Waals surface area (Å²) in [7, 11) is 0. The Morgan fingerprint density at radius 2 is 2.06 bits per heavy atom. The molecule has 1 saturated heterocycles. The van der Waals surface area contributed by atoms with Crippen LogP contribution in [-0.2, 0) is 4.79 Å². The number of amides is 1. The van der Waals surface area contributed by atoms with Crippen molar-refractivity contribution in [2.45, 2.75) is 20.3 Å². The van der Waals surface area contributed by atoms with Gasteiger partial charge in [-0.15, -0.1) is 0 Å². The molecule has 1 fully saturated rings. The molecule has 3 nitrogen and oxygen atoms in total. The maximum atomic E-state index is 12.0. The number of carbonyl (C=O) groups excluding carboxylic acids is 1. The molecule has 1 amide bonds. The smallest absolute Gasteiger partial charge is 0.228 e. The minimum atomic E-state index is 0.221. The highest BCUT2D eigenvalue weighted by molar-refractivity contribution is 5.94. The van der Waals surface area contributed by atoms with Crippen LogP contribution in [0, 0.1) is 13.8 Å². The molecule has 0 spiro atoms. The third-order valence-corrected chi connectivity index (χ3v) is 3.20. The summed E-state index contributed by atoms with van der Waals surface area (Å²) in [6.07, 6.45) is 0.591. The molecule has 86 valence electrons. The molecule has 1 aliphatic rings. The van der Waals surface area contributed by atoms with Crippen LogP contribution in [-0.4, -0.2) is 25.5 Å². The van der Waals surface area contributed by atoms with Crippen molar-refractivity contribution >= 4 is 11.6 Å². The zero-order valence-corrected chi connectivity index (χ0v) is 9.92. The van der Waals surface area contributed by atoms with E-state index in [4.69, 9.17) is 0 Å².